The molecule has 3 rings (SSSR count). The number of Topliss-reactive ketones (excluding diaryl/α,β-unsaturated/α-hetero) is 1. The number of benzene rings is 3. The molecule has 41 heavy (non-hydrogen) atoms. The van der Waals surface area contributed by atoms with Crippen LogP contribution in [0.1, 0.15) is 54.7 Å². The lowest BCUT2D eigenvalue weighted by Crippen LogP contribution is -2.56. The lowest BCUT2D eigenvalue weighted by molar-refractivity contribution is -0.140. The number of carbonyl (C=O) groups is 3. The highest BCUT2D eigenvalue weighted by Gasteiger charge is 2.34. The van der Waals surface area contributed by atoms with E-state index in [9.17, 15) is 22.8 Å². The minimum absolute atomic E-state index is 0.0965. The molecule has 8 nitrogen and oxygen atoms in total. The van der Waals surface area contributed by atoms with Gasteiger partial charge >= 0.3 is 0 Å². The number of hydrogen-bond acceptors (Lipinski definition) is 5. The molecule has 1 unspecified atom stereocenters. The lowest BCUT2D eigenvalue weighted by Gasteiger charge is -2.35. The van der Waals surface area contributed by atoms with Crippen LogP contribution in [0, 0.1) is 6.92 Å². The normalized spacial score (nSPS) is 12.3. The molecule has 3 aromatic carbocycles. The first-order valence-electron chi connectivity index (χ1n) is 13.4. The number of ketones is 1. The summed E-state index contributed by atoms with van der Waals surface area (Å²) in [6, 6.07) is 22.3. The summed E-state index contributed by atoms with van der Waals surface area (Å²) in [5, 5.41) is 3.00. The Morgan fingerprint density at radius 2 is 1.51 bits per heavy atom. The molecule has 9 heteroatoms. The van der Waals surface area contributed by atoms with E-state index in [1.165, 1.54) is 17.9 Å². The fourth-order valence-electron chi connectivity index (χ4n) is 4.39. The van der Waals surface area contributed by atoms with Crippen LogP contribution >= 0.6 is 0 Å². The number of sulfonamides is 1. The van der Waals surface area contributed by atoms with Crippen molar-refractivity contribution in [3.63, 3.8) is 0 Å². The van der Waals surface area contributed by atoms with Crippen LogP contribution in [-0.2, 0) is 32.6 Å². The molecule has 0 aliphatic carbocycles. The summed E-state index contributed by atoms with van der Waals surface area (Å²) in [6.07, 6.45) is 1.25. The van der Waals surface area contributed by atoms with E-state index in [1.54, 1.807) is 18.2 Å². The topological polar surface area (TPSA) is 104 Å². The average Bonchev–Trinajstić information content (AvgIpc) is 2.89. The van der Waals surface area contributed by atoms with Gasteiger partial charge in [-0.1, -0.05) is 72.3 Å². The predicted octanol–water partition coefficient (Wildman–Crippen LogP) is 4.52. The van der Waals surface area contributed by atoms with Crippen molar-refractivity contribution in [1.82, 2.24) is 10.2 Å². The number of nitrogens with one attached hydrogen (secondary N) is 1. The minimum atomic E-state index is -3.93. The SMILES string of the molecule is CC(=O)c1cccc(N(CC(=O)N(Cc2ccc(C)cc2)C(Cc2ccccc2)C(=O)NC(C)(C)C)S(C)(=O)=O)c1. The second-order valence-electron chi connectivity index (χ2n) is 11.3. The molecule has 1 atom stereocenters. The van der Waals surface area contributed by atoms with Crippen molar-refractivity contribution in [3.05, 3.63) is 101 Å². The molecule has 0 aliphatic heterocycles. The average molecular weight is 578 g/mol. The minimum Gasteiger partial charge on any atom is -0.350 e. The number of aryl methyl sites for hydroxylation is 1. The lowest BCUT2D eigenvalue weighted by atomic mass is 10.0. The number of nitrogens with zero attached hydrogens (tertiary/aromatic N) is 2. The Morgan fingerprint density at radius 3 is 2.07 bits per heavy atom. The Morgan fingerprint density at radius 1 is 0.878 bits per heavy atom. The van der Waals surface area contributed by atoms with Gasteiger partial charge in [0.25, 0.3) is 0 Å². The molecule has 0 saturated carbocycles. The van der Waals surface area contributed by atoms with E-state index in [0.717, 1.165) is 27.3 Å². The number of amides is 2. The van der Waals surface area contributed by atoms with Crippen LogP contribution in [0.5, 0.6) is 0 Å². The molecule has 0 bridgehead atoms. The van der Waals surface area contributed by atoms with Crippen LogP contribution in [0.25, 0.3) is 0 Å². The van der Waals surface area contributed by atoms with Gasteiger partial charge < -0.3 is 10.2 Å². The van der Waals surface area contributed by atoms with Crippen molar-refractivity contribution in [2.24, 2.45) is 0 Å². The second kappa shape index (κ2) is 13.1. The van der Waals surface area contributed by atoms with Gasteiger partial charge in [0, 0.05) is 24.1 Å². The quantitative estimate of drug-likeness (QED) is 0.338. The molecule has 0 fully saturated rings. The Hall–Kier alpha value is -3.98. The van der Waals surface area contributed by atoms with Gasteiger partial charge in [0.05, 0.1) is 11.9 Å². The maximum Gasteiger partial charge on any atom is 0.244 e. The van der Waals surface area contributed by atoms with Gasteiger partial charge in [0.15, 0.2) is 5.78 Å². The van der Waals surface area contributed by atoms with Crippen LogP contribution < -0.4 is 9.62 Å². The van der Waals surface area contributed by atoms with E-state index >= 15 is 0 Å². The zero-order chi connectivity index (χ0) is 30.4. The Balaban J connectivity index is 2.09. The summed E-state index contributed by atoms with van der Waals surface area (Å²) < 4.78 is 26.9. The second-order valence-corrected chi connectivity index (χ2v) is 13.2. The van der Waals surface area contributed by atoms with E-state index in [0.29, 0.717) is 5.56 Å². The van der Waals surface area contributed by atoms with Gasteiger partial charge in [-0.25, -0.2) is 8.42 Å². The van der Waals surface area contributed by atoms with Crippen LogP contribution in [0.2, 0.25) is 0 Å². The molecule has 0 heterocycles. The predicted molar refractivity (Wildman–Crippen MR) is 162 cm³/mol. The van der Waals surface area contributed by atoms with Crippen molar-refractivity contribution >= 4 is 33.3 Å². The Kier molecular flexibility index (Phi) is 10.1. The Bertz CT molecular complexity index is 1480. The number of carbonyl (C=O) groups excluding carboxylic acids is 3. The summed E-state index contributed by atoms with van der Waals surface area (Å²) in [4.78, 5) is 41.3. The van der Waals surface area contributed by atoms with Crippen LogP contribution in [0.3, 0.4) is 0 Å². The highest BCUT2D eigenvalue weighted by Crippen LogP contribution is 2.22. The maximum atomic E-state index is 14.1. The van der Waals surface area contributed by atoms with Gasteiger partial charge in [-0.05, 0) is 57.9 Å². The highest BCUT2D eigenvalue weighted by atomic mass is 32.2. The molecule has 0 saturated heterocycles. The molecule has 218 valence electrons. The molecular formula is C32H39N3O5S. The monoisotopic (exact) mass is 577 g/mol. The summed E-state index contributed by atoms with van der Waals surface area (Å²) in [5.74, 6) is -1.12. The Labute approximate surface area is 243 Å². The van der Waals surface area contributed by atoms with Gasteiger partial charge in [0.2, 0.25) is 21.8 Å². The molecule has 0 radical (unpaired) electrons. The third-order valence-corrected chi connectivity index (χ3v) is 7.60. The van der Waals surface area contributed by atoms with Gasteiger partial charge in [-0.3, -0.25) is 18.7 Å². The standard InChI is InChI=1S/C32H39N3O5S/c1-23-15-17-26(18-16-23)21-34(29(31(38)33-32(3,4)5)19-25-11-8-7-9-12-25)30(37)22-35(41(6,39)40)28-14-10-13-27(20-28)24(2)36/h7-18,20,29H,19,21-22H2,1-6H3,(H,33,38). The van der Waals surface area contributed by atoms with Gasteiger partial charge in [-0.2, -0.15) is 0 Å². The van der Waals surface area contributed by atoms with E-state index in [-0.39, 0.29) is 30.3 Å². The van der Waals surface area contributed by atoms with Crippen LogP contribution in [0.4, 0.5) is 5.69 Å². The first-order chi connectivity index (χ1) is 19.1. The fraction of sp³-hybridized carbons (Fsp3) is 0.344. The fourth-order valence-corrected chi connectivity index (χ4v) is 5.23. The summed E-state index contributed by atoms with van der Waals surface area (Å²) in [7, 11) is -3.93. The van der Waals surface area contributed by atoms with E-state index < -0.39 is 34.1 Å². The van der Waals surface area contributed by atoms with Crippen LogP contribution in [-0.4, -0.2) is 55.3 Å². The van der Waals surface area contributed by atoms with E-state index in [4.69, 9.17) is 0 Å². The largest absolute Gasteiger partial charge is 0.350 e. The highest BCUT2D eigenvalue weighted by molar-refractivity contribution is 7.92. The molecule has 0 aliphatic rings. The van der Waals surface area contributed by atoms with E-state index in [2.05, 4.69) is 5.32 Å². The molecule has 1 N–H and O–H groups in total. The number of hydrogen-bond donors (Lipinski definition) is 1. The zero-order valence-corrected chi connectivity index (χ0v) is 25.4. The molecule has 2 amide bonds. The van der Waals surface area contributed by atoms with E-state index in [1.807, 2.05) is 82.3 Å². The van der Waals surface area contributed by atoms with Crippen LogP contribution in [0.15, 0.2) is 78.9 Å². The molecule has 3 aromatic rings. The van der Waals surface area contributed by atoms with Crippen molar-refractivity contribution < 1.29 is 22.8 Å². The smallest absolute Gasteiger partial charge is 0.244 e. The molecule has 0 aromatic heterocycles. The van der Waals surface area contributed by atoms with Crippen molar-refractivity contribution in [1.29, 1.82) is 0 Å². The van der Waals surface area contributed by atoms with Crippen molar-refractivity contribution in [2.75, 3.05) is 17.1 Å². The van der Waals surface area contributed by atoms with Gasteiger partial charge in [0.1, 0.15) is 12.6 Å². The number of rotatable bonds is 11. The third-order valence-electron chi connectivity index (χ3n) is 6.46. The summed E-state index contributed by atoms with van der Waals surface area (Å²) >= 11 is 0. The zero-order valence-electron chi connectivity index (χ0n) is 24.5. The molecule has 0 spiro atoms. The number of anilines is 1. The van der Waals surface area contributed by atoms with Crippen molar-refractivity contribution in [3.8, 4) is 0 Å². The summed E-state index contributed by atoms with van der Waals surface area (Å²) in [5.41, 5.74) is 2.67. The third kappa shape index (κ3) is 9.28. The van der Waals surface area contributed by atoms with Crippen molar-refractivity contribution in [2.45, 2.75) is 59.2 Å². The summed E-state index contributed by atoms with van der Waals surface area (Å²) in [6.45, 7) is 8.50. The first-order valence-corrected chi connectivity index (χ1v) is 15.3. The maximum absolute atomic E-state index is 14.1. The van der Waals surface area contributed by atoms with Gasteiger partial charge in [-0.15, -0.1) is 0 Å². The molecular weight excluding hydrogens is 538 g/mol. The first kappa shape index (κ1) is 31.5.